The first-order valence-electron chi connectivity index (χ1n) is 9.14. The summed E-state index contributed by atoms with van der Waals surface area (Å²) in [5, 5.41) is 3.53. The SMILES string of the molecule is Cn1c(NC(=O)COC(=O)CCCc2c[nH]c3ccccc23)cc(=O)n(C)c1=O. The second kappa shape index (κ2) is 8.59. The van der Waals surface area contributed by atoms with Crippen LogP contribution in [0.2, 0.25) is 0 Å². The van der Waals surface area contributed by atoms with Gasteiger partial charge < -0.3 is 15.0 Å². The Bertz CT molecular complexity index is 1170. The molecule has 9 heteroatoms. The number of nitrogens with zero attached hydrogens (tertiary/aromatic N) is 2. The van der Waals surface area contributed by atoms with Crippen LogP contribution in [0.5, 0.6) is 0 Å². The highest BCUT2D eigenvalue weighted by atomic mass is 16.5. The van der Waals surface area contributed by atoms with E-state index in [1.54, 1.807) is 0 Å². The third-order valence-electron chi connectivity index (χ3n) is 4.66. The summed E-state index contributed by atoms with van der Waals surface area (Å²) >= 11 is 0. The van der Waals surface area contributed by atoms with Gasteiger partial charge in [0.25, 0.3) is 11.5 Å². The van der Waals surface area contributed by atoms with E-state index < -0.39 is 29.7 Å². The number of H-pyrrole nitrogens is 1. The summed E-state index contributed by atoms with van der Waals surface area (Å²) in [5.74, 6) is -1.07. The number of esters is 1. The van der Waals surface area contributed by atoms with Gasteiger partial charge in [-0.2, -0.15) is 0 Å². The van der Waals surface area contributed by atoms with E-state index in [0.29, 0.717) is 12.8 Å². The summed E-state index contributed by atoms with van der Waals surface area (Å²) in [6.07, 6.45) is 3.40. The van der Waals surface area contributed by atoms with Gasteiger partial charge in [-0.3, -0.25) is 23.5 Å². The summed E-state index contributed by atoms with van der Waals surface area (Å²) in [4.78, 5) is 50.6. The number of carbonyl (C=O) groups is 2. The van der Waals surface area contributed by atoms with E-state index in [-0.39, 0.29) is 12.2 Å². The molecule has 0 saturated carbocycles. The molecule has 9 nitrogen and oxygen atoms in total. The van der Waals surface area contributed by atoms with Gasteiger partial charge in [-0.1, -0.05) is 18.2 Å². The maximum atomic E-state index is 12.0. The Morgan fingerprint density at radius 3 is 2.69 bits per heavy atom. The lowest BCUT2D eigenvalue weighted by molar-refractivity contribution is -0.147. The van der Waals surface area contributed by atoms with Crippen molar-refractivity contribution >= 4 is 28.6 Å². The molecule has 0 bridgehead atoms. The molecule has 0 aliphatic rings. The maximum absolute atomic E-state index is 12.0. The number of amides is 1. The number of anilines is 1. The van der Waals surface area contributed by atoms with Crippen LogP contribution in [-0.4, -0.2) is 32.6 Å². The number of nitrogens with one attached hydrogen (secondary N) is 2. The molecule has 0 aliphatic heterocycles. The van der Waals surface area contributed by atoms with Gasteiger partial charge in [-0.15, -0.1) is 0 Å². The van der Waals surface area contributed by atoms with Gasteiger partial charge in [-0.25, -0.2) is 4.79 Å². The smallest absolute Gasteiger partial charge is 0.332 e. The van der Waals surface area contributed by atoms with E-state index in [2.05, 4.69) is 10.3 Å². The predicted molar refractivity (Wildman–Crippen MR) is 108 cm³/mol. The van der Waals surface area contributed by atoms with E-state index in [1.165, 1.54) is 14.1 Å². The van der Waals surface area contributed by atoms with E-state index in [1.807, 2.05) is 30.5 Å². The van der Waals surface area contributed by atoms with Gasteiger partial charge in [-0.05, 0) is 24.5 Å². The van der Waals surface area contributed by atoms with E-state index >= 15 is 0 Å². The molecule has 2 heterocycles. The van der Waals surface area contributed by atoms with Crippen LogP contribution in [0.1, 0.15) is 18.4 Å². The molecule has 0 aliphatic carbocycles. The molecule has 3 rings (SSSR count). The summed E-state index contributed by atoms with van der Waals surface area (Å²) < 4.78 is 7.02. The average molecular weight is 398 g/mol. The number of ether oxygens (including phenoxy) is 1. The molecule has 0 atom stereocenters. The number of carbonyl (C=O) groups excluding carboxylic acids is 2. The minimum absolute atomic E-state index is 0.0403. The van der Waals surface area contributed by atoms with Crippen molar-refractivity contribution in [3.8, 4) is 0 Å². The van der Waals surface area contributed by atoms with Crippen molar-refractivity contribution < 1.29 is 14.3 Å². The van der Waals surface area contributed by atoms with E-state index in [0.717, 1.165) is 31.7 Å². The van der Waals surface area contributed by atoms with Crippen LogP contribution in [0.15, 0.2) is 46.1 Å². The van der Waals surface area contributed by atoms with E-state index in [9.17, 15) is 19.2 Å². The molecular weight excluding hydrogens is 376 g/mol. The number of fused-ring (bicyclic) bond motifs is 1. The quantitative estimate of drug-likeness (QED) is 0.578. The standard InChI is InChI=1S/C20H22N4O5/c1-23-16(10-18(26)24(2)20(23)28)22-17(25)12-29-19(27)9-5-6-13-11-21-15-8-4-3-7-14(13)15/h3-4,7-8,10-11,21H,5-6,9,12H2,1-2H3,(H,22,25). The first-order valence-corrected chi connectivity index (χ1v) is 9.14. The van der Waals surface area contributed by atoms with Gasteiger partial charge in [0.05, 0.1) is 0 Å². The van der Waals surface area contributed by atoms with Crippen LogP contribution in [0.3, 0.4) is 0 Å². The molecule has 0 fully saturated rings. The minimum Gasteiger partial charge on any atom is -0.456 e. The Morgan fingerprint density at radius 2 is 1.90 bits per heavy atom. The molecule has 0 radical (unpaired) electrons. The first kappa shape index (κ1) is 20.1. The first-order chi connectivity index (χ1) is 13.9. The van der Waals surface area contributed by atoms with Gasteiger partial charge in [0, 0.05) is 43.7 Å². The highest BCUT2D eigenvalue weighted by molar-refractivity contribution is 5.92. The van der Waals surface area contributed by atoms with Crippen molar-refractivity contribution in [3.05, 3.63) is 62.9 Å². The van der Waals surface area contributed by atoms with Gasteiger partial charge in [0.1, 0.15) is 5.82 Å². The number of benzene rings is 1. The zero-order valence-corrected chi connectivity index (χ0v) is 16.2. The number of aromatic amines is 1. The number of rotatable bonds is 7. The van der Waals surface area contributed by atoms with Crippen molar-refractivity contribution in [1.82, 2.24) is 14.1 Å². The highest BCUT2D eigenvalue weighted by Crippen LogP contribution is 2.19. The van der Waals surface area contributed by atoms with Crippen molar-refractivity contribution in [1.29, 1.82) is 0 Å². The number of aromatic nitrogens is 3. The summed E-state index contributed by atoms with van der Waals surface area (Å²) in [6, 6.07) is 9.06. The van der Waals surface area contributed by atoms with Crippen molar-refractivity contribution in [2.75, 3.05) is 11.9 Å². The van der Waals surface area contributed by atoms with Crippen molar-refractivity contribution in [2.24, 2.45) is 14.1 Å². The number of para-hydroxylation sites is 1. The second-order valence-electron chi connectivity index (χ2n) is 6.69. The molecule has 3 aromatic rings. The molecule has 0 spiro atoms. The minimum atomic E-state index is -0.627. The molecule has 2 N–H and O–H groups in total. The van der Waals surface area contributed by atoms with Gasteiger partial charge in [0.15, 0.2) is 6.61 Å². The summed E-state index contributed by atoms with van der Waals surface area (Å²) in [5.41, 5.74) is 1.06. The topological polar surface area (TPSA) is 115 Å². The highest BCUT2D eigenvalue weighted by Gasteiger charge is 2.12. The fraction of sp³-hybridized carbons (Fsp3) is 0.300. The fourth-order valence-electron chi connectivity index (χ4n) is 3.01. The van der Waals surface area contributed by atoms with Crippen LogP contribution in [-0.2, 0) is 34.8 Å². The predicted octanol–water partition coefficient (Wildman–Crippen LogP) is 1.07. The zero-order valence-electron chi connectivity index (χ0n) is 16.2. The Balaban J connectivity index is 1.46. The molecule has 29 heavy (non-hydrogen) atoms. The lowest BCUT2D eigenvalue weighted by atomic mass is 10.1. The largest absolute Gasteiger partial charge is 0.456 e. The normalized spacial score (nSPS) is 10.8. The van der Waals surface area contributed by atoms with Crippen molar-refractivity contribution in [2.45, 2.75) is 19.3 Å². The molecule has 2 aromatic heterocycles. The zero-order chi connectivity index (χ0) is 21.0. The van der Waals surface area contributed by atoms with Gasteiger partial charge in [0.2, 0.25) is 0 Å². The molecule has 1 aromatic carbocycles. The number of aryl methyl sites for hydroxylation is 1. The maximum Gasteiger partial charge on any atom is 0.332 e. The van der Waals surface area contributed by atoms with Gasteiger partial charge >= 0.3 is 11.7 Å². The Labute approximate surface area is 165 Å². The summed E-state index contributed by atoms with van der Waals surface area (Å²) in [7, 11) is 2.77. The monoisotopic (exact) mass is 398 g/mol. The third kappa shape index (κ3) is 4.63. The molecule has 0 unspecified atom stereocenters. The lowest BCUT2D eigenvalue weighted by Crippen LogP contribution is -2.38. The lowest BCUT2D eigenvalue weighted by Gasteiger charge is -2.11. The molecular formula is C20H22N4O5. The Morgan fingerprint density at radius 1 is 1.14 bits per heavy atom. The molecule has 1 amide bonds. The van der Waals surface area contributed by atoms with Crippen LogP contribution in [0.25, 0.3) is 10.9 Å². The Kier molecular flexibility index (Phi) is 5.96. The van der Waals surface area contributed by atoms with Crippen molar-refractivity contribution in [3.63, 3.8) is 0 Å². The average Bonchev–Trinajstić information content (AvgIpc) is 3.12. The third-order valence-corrected chi connectivity index (χ3v) is 4.66. The number of hydrogen-bond acceptors (Lipinski definition) is 5. The van der Waals surface area contributed by atoms with Crippen LogP contribution in [0.4, 0.5) is 5.82 Å². The van der Waals surface area contributed by atoms with Crippen LogP contribution < -0.4 is 16.6 Å². The Hall–Kier alpha value is -3.62. The van der Waals surface area contributed by atoms with Crippen LogP contribution >= 0.6 is 0 Å². The van der Waals surface area contributed by atoms with Crippen LogP contribution in [0, 0.1) is 0 Å². The van der Waals surface area contributed by atoms with E-state index in [4.69, 9.17) is 4.74 Å². The second-order valence-corrected chi connectivity index (χ2v) is 6.69. The molecule has 0 saturated heterocycles. The number of hydrogen-bond donors (Lipinski definition) is 2. The molecule has 152 valence electrons. The summed E-state index contributed by atoms with van der Waals surface area (Å²) in [6.45, 7) is -0.491. The fourth-order valence-corrected chi connectivity index (χ4v) is 3.01.